The van der Waals surface area contributed by atoms with Crippen LogP contribution >= 0.6 is 0 Å². The van der Waals surface area contributed by atoms with Crippen molar-refractivity contribution in [2.45, 2.75) is 31.2 Å². The smallest absolute Gasteiger partial charge is 0.0977 e. The predicted octanol–water partition coefficient (Wildman–Crippen LogP) is 1.24. The maximum Gasteiger partial charge on any atom is 0.0977 e. The van der Waals surface area contributed by atoms with Crippen molar-refractivity contribution in [3.63, 3.8) is 0 Å². The first-order chi connectivity index (χ1) is 5.25. The van der Waals surface area contributed by atoms with Crippen molar-refractivity contribution < 1.29 is 0 Å². The van der Waals surface area contributed by atoms with Crippen LogP contribution in [0.15, 0.2) is 0 Å². The van der Waals surface area contributed by atoms with Crippen molar-refractivity contribution in [2.24, 2.45) is 11.8 Å². The van der Waals surface area contributed by atoms with Crippen LogP contribution in [0.25, 0.3) is 0 Å². The molecule has 2 fully saturated rings. The first kappa shape index (κ1) is 7.81. The second kappa shape index (κ2) is 2.90. The largest absolute Gasteiger partial charge is 0.334 e. The van der Waals surface area contributed by atoms with Crippen LogP contribution in [0.3, 0.4) is 0 Å². The third-order valence-electron chi connectivity index (χ3n) is 3.48. The number of rotatable bonds is 2. The molecular formula is C9H19NSi. The van der Waals surface area contributed by atoms with Gasteiger partial charge in [0.2, 0.25) is 0 Å². The highest BCUT2D eigenvalue weighted by atomic mass is 28.2. The molecule has 0 aromatic heterocycles. The van der Waals surface area contributed by atoms with Gasteiger partial charge in [-0.3, -0.25) is 0 Å². The Bertz CT molecular complexity index is 146. The van der Waals surface area contributed by atoms with Gasteiger partial charge in [-0.25, -0.2) is 0 Å². The minimum Gasteiger partial charge on any atom is -0.334 e. The normalized spacial score (nSPS) is 43.4. The summed E-state index contributed by atoms with van der Waals surface area (Å²) >= 11 is 0. The number of hydrogen-bond acceptors (Lipinski definition) is 1. The van der Waals surface area contributed by atoms with Crippen molar-refractivity contribution in [3.05, 3.63) is 0 Å². The molecular weight excluding hydrogens is 150 g/mol. The molecule has 2 bridgehead atoms. The van der Waals surface area contributed by atoms with Crippen LogP contribution in [0.5, 0.6) is 0 Å². The second-order valence-electron chi connectivity index (χ2n) is 4.70. The topological polar surface area (TPSA) is 3.24 Å². The molecule has 0 aromatic carbocycles. The zero-order valence-corrected chi connectivity index (χ0v) is 9.13. The van der Waals surface area contributed by atoms with Gasteiger partial charge < -0.3 is 4.57 Å². The molecule has 0 spiro atoms. The maximum absolute atomic E-state index is 2.49. The third-order valence-corrected chi connectivity index (χ3v) is 5.68. The fourth-order valence-electron chi connectivity index (χ4n) is 3.07. The van der Waals surface area contributed by atoms with Crippen molar-refractivity contribution in [1.82, 2.24) is 4.57 Å². The average molecular weight is 169 g/mol. The van der Waals surface area contributed by atoms with E-state index in [1.807, 2.05) is 0 Å². The van der Waals surface area contributed by atoms with Gasteiger partial charge in [-0.2, -0.15) is 0 Å². The Hall–Kier alpha value is 0.177. The van der Waals surface area contributed by atoms with E-state index in [2.05, 4.69) is 18.7 Å². The van der Waals surface area contributed by atoms with Crippen molar-refractivity contribution >= 4 is 9.68 Å². The molecule has 2 rings (SSSR count). The van der Waals surface area contributed by atoms with Crippen LogP contribution in [0, 0.1) is 11.8 Å². The molecule has 0 N–H and O–H groups in total. The second-order valence-corrected chi connectivity index (χ2v) is 7.38. The summed E-state index contributed by atoms with van der Waals surface area (Å²) in [5.74, 6) is 2.31. The summed E-state index contributed by atoms with van der Waals surface area (Å²) in [4.78, 5) is 0. The van der Waals surface area contributed by atoms with Crippen LogP contribution < -0.4 is 0 Å². The van der Waals surface area contributed by atoms with E-state index < -0.39 is 0 Å². The van der Waals surface area contributed by atoms with Gasteiger partial charge in [-0.05, 0) is 44.3 Å². The van der Waals surface area contributed by atoms with Gasteiger partial charge in [-0.15, -0.1) is 0 Å². The van der Waals surface area contributed by atoms with E-state index in [1.165, 1.54) is 5.54 Å². The average Bonchev–Trinajstić information content (AvgIpc) is 2.45. The molecule has 0 saturated heterocycles. The van der Waals surface area contributed by atoms with E-state index in [-0.39, 0.29) is 9.68 Å². The van der Waals surface area contributed by atoms with Gasteiger partial charge in [0, 0.05) is 0 Å². The Labute approximate surface area is 72.1 Å². The highest BCUT2D eigenvalue weighted by molar-refractivity contribution is 6.34. The first-order valence-electron chi connectivity index (χ1n) is 4.90. The summed E-state index contributed by atoms with van der Waals surface area (Å²) in [5, 5.41) is 0. The van der Waals surface area contributed by atoms with Crippen molar-refractivity contribution in [1.29, 1.82) is 0 Å². The minimum absolute atomic E-state index is 0.128. The summed E-state index contributed by atoms with van der Waals surface area (Å²) in [6.45, 7) is 0. The molecule has 2 saturated carbocycles. The molecule has 64 valence electrons. The van der Waals surface area contributed by atoms with Gasteiger partial charge >= 0.3 is 0 Å². The summed E-state index contributed by atoms with van der Waals surface area (Å²) in [7, 11) is 4.65. The molecule has 3 unspecified atom stereocenters. The molecule has 0 aromatic rings. The molecule has 0 radical (unpaired) electrons. The molecule has 2 aliphatic rings. The fourth-order valence-corrected chi connectivity index (χ4v) is 5.35. The van der Waals surface area contributed by atoms with Gasteiger partial charge in [0.15, 0.2) is 0 Å². The number of hydrogen-bond donors (Lipinski definition) is 0. The number of nitrogens with zero attached hydrogens (tertiary/aromatic N) is 1. The van der Waals surface area contributed by atoms with E-state index >= 15 is 0 Å². The minimum atomic E-state index is 0.128. The Balaban J connectivity index is 1.87. The van der Waals surface area contributed by atoms with Gasteiger partial charge in [0.05, 0.1) is 9.68 Å². The molecule has 3 atom stereocenters. The van der Waals surface area contributed by atoms with Gasteiger partial charge in [-0.1, -0.05) is 12.8 Å². The Kier molecular flexibility index (Phi) is 2.06. The van der Waals surface area contributed by atoms with Crippen LogP contribution in [0.1, 0.15) is 25.7 Å². The lowest BCUT2D eigenvalue weighted by molar-refractivity contribution is 0.461. The van der Waals surface area contributed by atoms with E-state index in [0.29, 0.717) is 0 Å². The van der Waals surface area contributed by atoms with E-state index in [1.54, 1.807) is 25.7 Å². The lowest BCUT2D eigenvalue weighted by Crippen LogP contribution is -2.25. The van der Waals surface area contributed by atoms with E-state index in [4.69, 9.17) is 0 Å². The summed E-state index contributed by atoms with van der Waals surface area (Å²) in [5.41, 5.74) is 1.18. The molecule has 0 aliphatic heterocycles. The standard InChI is InChI=1S/C9H19NSi/c1-10(2)11-9-6-7-3-4-8(9)5-7/h7-9H,3-6,11H2,1-2H3. The summed E-state index contributed by atoms with van der Waals surface area (Å²) in [6, 6.07) is 0. The molecule has 0 heterocycles. The highest BCUT2D eigenvalue weighted by Gasteiger charge is 2.39. The predicted molar refractivity (Wildman–Crippen MR) is 51.4 cm³/mol. The molecule has 1 nitrogen and oxygen atoms in total. The van der Waals surface area contributed by atoms with E-state index in [9.17, 15) is 0 Å². The van der Waals surface area contributed by atoms with E-state index in [0.717, 1.165) is 11.8 Å². The van der Waals surface area contributed by atoms with Crippen molar-refractivity contribution in [2.75, 3.05) is 14.1 Å². The Morgan fingerprint density at radius 1 is 1.18 bits per heavy atom. The zero-order valence-electron chi connectivity index (χ0n) is 7.71. The highest BCUT2D eigenvalue weighted by Crippen LogP contribution is 2.51. The Morgan fingerprint density at radius 3 is 2.45 bits per heavy atom. The quantitative estimate of drug-likeness (QED) is 0.562. The lowest BCUT2D eigenvalue weighted by Gasteiger charge is -2.23. The zero-order chi connectivity index (χ0) is 7.84. The van der Waals surface area contributed by atoms with Gasteiger partial charge in [0.1, 0.15) is 0 Å². The first-order valence-corrected chi connectivity index (χ1v) is 6.35. The molecule has 0 amide bonds. The SMILES string of the molecule is CN(C)[SiH2]C1CC2CCC1C2. The monoisotopic (exact) mass is 169 g/mol. The summed E-state index contributed by atoms with van der Waals surface area (Å²) in [6.07, 6.45) is 6.31. The van der Waals surface area contributed by atoms with Crippen LogP contribution in [-0.2, 0) is 0 Å². The van der Waals surface area contributed by atoms with Crippen LogP contribution in [0.4, 0.5) is 0 Å². The third kappa shape index (κ3) is 1.52. The van der Waals surface area contributed by atoms with Gasteiger partial charge in [0.25, 0.3) is 0 Å². The lowest BCUT2D eigenvalue weighted by atomic mass is 10.0. The van der Waals surface area contributed by atoms with Crippen molar-refractivity contribution in [3.8, 4) is 0 Å². The molecule has 11 heavy (non-hydrogen) atoms. The fraction of sp³-hybridized carbons (Fsp3) is 1.00. The molecule has 2 heteroatoms. The van der Waals surface area contributed by atoms with Crippen LogP contribution in [-0.4, -0.2) is 28.3 Å². The molecule has 2 aliphatic carbocycles. The maximum atomic E-state index is 2.49. The summed E-state index contributed by atoms with van der Waals surface area (Å²) < 4.78 is 2.49. The number of fused-ring (bicyclic) bond motifs is 2. The Morgan fingerprint density at radius 2 is 2.00 bits per heavy atom. The van der Waals surface area contributed by atoms with Crippen LogP contribution in [0.2, 0.25) is 5.54 Å².